The number of thiophene rings is 1. The van der Waals surface area contributed by atoms with Crippen LogP contribution in [0.5, 0.6) is 0 Å². The summed E-state index contributed by atoms with van der Waals surface area (Å²) in [5, 5.41) is 8.94. The van der Waals surface area contributed by atoms with E-state index < -0.39 is 0 Å². The van der Waals surface area contributed by atoms with Gasteiger partial charge in [0.05, 0.1) is 6.26 Å². The average Bonchev–Trinajstić information content (AvgIpc) is 3.57. The van der Waals surface area contributed by atoms with Crippen molar-refractivity contribution in [2.45, 2.75) is 0 Å². The Hall–Kier alpha value is -4.40. The molecule has 2 heterocycles. The highest BCUT2D eigenvalue weighted by Crippen LogP contribution is 2.48. The molecule has 0 atom stereocenters. The first-order valence-corrected chi connectivity index (χ1v) is 13.0. The molecule has 168 valence electrons. The summed E-state index contributed by atoms with van der Waals surface area (Å²) >= 11 is 1.86. The van der Waals surface area contributed by atoms with E-state index in [2.05, 4.69) is 115 Å². The zero-order valence-electron chi connectivity index (χ0n) is 19.4. The minimum Gasteiger partial charge on any atom is -0.464 e. The number of hydrogen-bond donors (Lipinski definition) is 0. The van der Waals surface area contributed by atoms with Crippen LogP contribution in [0.25, 0.3) is 74.9 Å². The van der Waals surface area contributed by atoms with E-state index in [1.165, 1.54) is 69.4 Å². The number of furan rings is 1. The van der Waals surface area contributed by atoms with Crippen LogP contribution in [0.1, 0.15) is 0 Å². The van der Waals surface area contributed by atoms with Gasteiger partial charge in [-0.3, -0.25) is 0 Å². The van der Waals surface area contributed by atoms with Crippen molar-refractivity contribution in [1.29, 1.82) is 0 Å². The van der Waals surface area contributed by atoms with Gasteiger partial charge in [-0.05, 0) is 68.1 Å². The minimum absolute atomic E-state index is 0.943. The third-order valence-electron chi connectivity index (χ3n) is 7.36. The van der Waals surface area contributed by atoms with Crippen molar-refractivity contribution in [1.82, 2.24) is 0 Å². The van der Waals surface area contributed by atoms with Crippen LogP contribution in [-0.4, -0.2) is 0 Å². The van der Waals surface area contributed by atoms with Crippen LogP contribution in [0.2, 0.25) is 0 Å². The summed E-state index contributed by atoms with van der Waals surface area (Å²) in [4.78, 5) is 0. The molecule has 0 spiro atoms. The summed E-state index contributed by atoms with van der Waals surface area (Å²) in [6.07, 6.45) is 1.79. The van der Waals surface area contributed by atoms with Gasteiger partial charge < -0.3 is 4.42 Å². The van der Waals surface area contributed by atoms with Gasteiger partial charge in [-0.25, -0.2) is 0 Å². The Morgan fingerprint density at radius 1 is 0.472 bits per heavy atom. The highest BCUT2D eigenvalue weighted by atomic mass is 32.1. The minimum atomic E-state index is 0.943. The maximum atomic E-state index is 5.71. The first kappa shape index (κ1) is 19.9. The molecule has 6 aromatic carbocycles. The molecule has 0 saturated carbocycles. The lowest BCUT2D eigenvalue weighted by Gasteiger charge is -2.18. The first-order valence-electron chi connectivity index (χ1n) is 12.2. The second kappa shape index (κ2) is 7.55. The summed E-state index contributed by atoms with van der Waals surface area (Å²) in [6, 6.07) is 41.7. The predicted molar refractivity (Wildman–Crippen MR) is 155 cm³/mol. The highest BCUT2D eigenvalue weighted by Gasteiger charge is 2.20. The molecule has 0 radical (unpaired) electrons. The highest BCUT2D eigenvalue weighted by molar-refractivity contribution is 7.26. The number of rotatable bonds is 2. The van der Waals surface area contributed by atoms with Gasteiger partial charge in [-0.2, -0.15) is 0 Å². The molecule has 0 N–H and O–H groups in total. The quantitative estimate of drug-likeness (QED) is 0.226. The maximum Gasteiger partial charge on any atom is 0.135 e. The van der Waals surface area contributed by atoms with Crippen LogP contribution in [0, 0.1) is 0 Å². The third kappa shape index (κ3) is 2.71. The van der Waals surface area contributed by atoms with E-state index in [-0.39, 0.29) is 0 Å². The van der Waals surface area contributed by atoms with E-state index >= 15 is 0 Å². The molecular weight excluding hydrogens is 456 g/mol. The molecule has 2 heteroatoms. The molecule has 2 aromatic heterocycles. The Kier molecular flexibility index (Phi) is 4.16. The lowest BCUT2D eigenvalue weighted by Crippen LogP contribution is -1.91. The second-order valence-electron chi connectivity index (χ2n) is 9.26. The molecular formula is C34H20OS. The van der Waals surface area contributed by atoms with E-state index in [0.717, 1.165) is 5.58 Å². The molecule has 36 heavy (non-hydrogen) atoms. The fourth-order valence-electron chi connectivity index (χ4n) is 5.87. The van der Waals surface area contributed by atoms with Gasteiger partial charge in [0.2, 0.25) is 0 Å². The standard InChI is InChI=1S/C34H20OS/c1-2-9-21(10-3-1)31-22-11-4-6-13-24(22)32(25-14-7-5-12-23(25)31)27-15-8-16-30-33(27)28-17-18-29-26(19-20-35-29)34(28)36-30/h1-20H. The molecule has 0 fully saturated rings. The largest absolute Gasteiger partial charge is 0.464 e. The van der Waals surface area contributed by atoms with Gasteiger partial charge in [-0.1, -0.05) is 91.0 Å². The summed E-state index contributed by atoms with van der Waals surface area (Å²) in [5.74, 6) is 0. The Morgan fingerprint density at radius 3 is 1.86 bits per heavy atom. The van der Waals surface area contributed by atoms with E-state index in [0.29, 0.717) is 0 Å². The van der Waals surface area contributed by atoms with Crippen LogP contribution < -0.4 is 0 Å². The lowest BCUT2D eigenvalue weighted by molar-refractivity contribution is 0.616. The summed E-state index contributed by atoms with van der Waals surface area (Å²) in [5.41, 5.74) is 6.08. The summed E-state index contributed by atoms with van der Waals surface area (Å²) in [6.45, 7) is 0. The van der Waals surface area contributed by atoms with Crippen LogP contribution >= 0.6 is 11.3 Å². The number of hydrogen-bond acceptors (Lipinski definition) is 2. The van der Waals surface area contributed by atoms with Gasteiger partial charge in [-0.15, -0.1) is 11.3 Å². The third-order valence-corrected chi connectivity index (χ3v) is 8.56. The molecule has 0 unspecified atom stereocenters. The molecule has 1 nitrogen and oxygen atoms in total. The number of benzene rings is 6. The van der Waals surface area contributed by atoms with Crippen molar-refractivity contribution >= 4 is 64.0 Å². The normalized spacial score (nSPS) is 11.9. The van der Waals surface area contributed by atoms with E-state index in [1.807, 2.05) is 11.3 Å². The van der Waals surface area contributed by atoms with Crippen molar-refractivity contribution < 1.29 is 4.42 Å². The topological polar surface area (TPSA) is 13.1 Å². The monoisotopic (exact) mass is 476 g/mol. The van der Waals surface area contributed by atoms with Gasteiger partial charge in [0.25, 0.3) is 0 Å². The molecule has 0 aliphatic rings. The molecule has 8 aromatic rings. The SMILES string of the molecule is c1ccc(-c2c3ccccc3c(-c3cccc4sc5c6ccoc6ccc5c34)c3ccccc23)cc1. The molecule has 0 saturated heterocycles. The van der Waals surface area contributed by atoms with Gasteiger partial charge in [0.1, 0.15) is 5.58 Å². The predicted octanol–water partition coefficient (Wildman–Crippen LogP) is 10.4. The Labute approximate surface area is 211 Å². The second-order valence-corrected chi connectivity index (χ2v) is 10.3. The fourth-order valence-corrected chi connectivity index (χ4v) is 7.12. The van der Waals surface area contributed by atoms with Crippen molar-refractivity contribution in [3.05, 3.63) is 122 Å². The molecule has 0 aliphatic heterocycles. The molecule has 0 amide bonds. The van der Waals surface area contributed by atoms with Gasteiger partial charge in [0, 0.05) is 25.6 Å². The zero-order chi connectivity index (χ0) is 23.6. The lowest BCUT2D eigenvalue weighted by atomic mass is 9.85. The van der Waals surface area contributed by atoms with Crippen molar-refractivity contribution in [2.24, 2.45) is 0 Å². The van der Waals surface area contributed by atoms with E-state index in [1.54, 1.807) is 6.26 Å². The smallest absolute Gasteiger partial charge is 0.135 e. The average molecular weight is 477 g/mol. The fraction of sp³-hybridized carbons (Fsp3) is 0. The van der Waals surface area contributed by atoms with Crippen LogP contribution in [-0.2, 0) is 0 Å². The van der Waals surface area contributed by atoms with Crippen LogP contribution in [0.15, 0.2) is 126 Å². The summed E-state index contributed by atoms with van der Waals surface area (Å²) < 4.78 is 8.31. The molecule has 0 aliphatic carbocycles. The van der Waals surface area contributed by atoms with Crippen molar-refractivity contribution in [3.8, 4) is 22.3 Å². The number of fused-ring (bicyclic) bond motifs is 7. The molecule has 0 bridgehead atoms. The maximum absolute atomic E-state index is 5.71. The Bertz CT molecular complexity index is 2040. The molecule has 8 rings (SSSR count). The van der Waals surface area contributed by atoms with Crippen molar-refractivity contribution in [3.63, 3.8) is 0 Å². The zero-order valence-corrected chi connectivity index (χ0v) is 20.2. The van der Waals surface area contributed by atoms with Crippen molar-refractivity contribution in [2.75, 3.05) is 0 Å². The Morgan fingerprint density at radius 2 is 1.14 bits per heavy atom. The summed E-state index contributed by atoms with van der Waals surface area (Å²) in [7, 11) is 0. The van der Waals surface area contributed by atoms with E-state index in [9.17, 15) is 0 Å². The van der Waals surface area contributed by atoms with Crippen LogP contribution in [0.3, 0.4) is 0 Å². The van der Waals surface area contributed by atoms with E-state index in [4.69, 9.17) is 4.42 Å². The Balaban J connectivity index is 1.58. The van der Waals surface area contributed by atoms with Crippen LogP contribution in [0.4, 0.5) is 0 Å². The van der Waals surface area contributed by atoms with Gasteiger partial charge in [0.15, 0.2) is 0 Å². The van der Waals surface area contributed by atoms with Gasteiger partial charge >= 0.3 is 0 Å². The first-order chi connectivity index (χ1) is 17.9.